The second-order valence-corrected chi connectivity index (χ2v) is 10.1. The summed E-state index contributed by atoms with van der Waals surface area (Å²) in [6, 6.07) is 6.15. The van der Waals surface area contributed by atoms with Gasteiger partial charge in [-0.3, -0.25) is 0 Å². The number of fused-ring (bicyclic) bond motifs is 1. The van der Waals surface area contributed by atoms with Gasteiger partial charge >= 0.3 is 5.63 Å². The van der Waals surface area contributed by atoms with Gasteiger partial charge in [0.05, 0.1) is 6.61 Å². The smallest absolute Gasteiger partial charge is 0.355 e. The average Bonchev–Trinajstić information content (AvgIpc) is 2.66. The highest BCUT2D eigenvalue weighted by atomic mass is 35.5. The average molecular weight is 428 g/mol. The highest BCUT2D eigenvalue weighted by Gasteiger charge is 2.20. The number of benzene rings is 1. The molecule has 0 spiro atoms. The van der Waals surface area contributed by atoms with E-state index in [2.05, 4.69) is 11.2 Å². The monoisotopic (exact) mass is 427 g/mol. The lowest BCUT2D eigenvalue weighted by molar-refractivity contribution is 0.289. The molecule has 2 atom stereocenters. The van der Waals surface area contributed by atoms with Crippen LogP contribution in [-0.4, -0.2) is 29.3 Å². The van der Waals surface area contributed by atoms with Gasteiger partial charge in [0.15, 0.2) is 0 Å². The van der Waals surface area contributed by atoms with Crippen LogP contribution in [0.5, 0.6) is 5.75 Å². The minimum atomic E-state index is -0.511. The van der Waals surface area contributed by atoms with Gasteiger partial charge in [0.2, 0.25) is 0 Å². The summed E-state index contributed by atoms with van der Waals surface area (Å²) in [6.45, 7) is 5.89. The molecule has 1 fully saturated rings. The summed E-state index contributed by atoms with van der Waals surface area (Å²) < 4.78 is 13.6. The predicted molar refractivity (Wildman–Crippen MR) is 117 cm³/mol. The van der Waals surface area contributed by atoms with Crippen LogP contribution in [0.2, 0.25) is 5.02 Å². The van der Waals surface area contributed by atoms with Gasteiger partial charge in [0, 0.05) is 29.8 Å². The van der Waals surface area contributed by atoms with E-state index < -0.39 is 5.63 Å². The molecule has 0 N–H and O–H groups in total. The molecule has 0 bridgehead atoms. The van der Waals surface area contributed by atoms with Crippen molar-refractivity contribution in [2.75, 3.05) is 18.9 Å². The third kappa shape index (κ3) is 5.11. The second-order valence-electron chi connectivity index (χ2n) is 7.05. The number of nitrogens with zero attached hydrogens (tertiary/aromatic N) is 1. The SMILES string of the molecule is Cc1c(Cl)c(=O)oc2cc(OCCCCS(=S)N3CCCCC3C)ccc12. The van der Waals surface area contributed by atoms with E-state index in [1.807, 2.05) is 19.1 Å². The van der Waals surface area contributed by atoms with Crippen LogP contribution in [0.3, 0.4) is 0 Å². The van der Waals surface area contributed by atoms with Crippen LogP contribution in [-0.2, 0) is 20.8 Å². The molecule has 2 unspecified atom stereocenters. The highest BCUT2D eigenvalue weighted by molar-refractivity contribution is 8.27. The van der Waals surface area contributed by atoms with Crippen LogP contribution >= 0.6 is 11.6 Å². The molecule has 27 heavy (non-hydrogen) atoms. The number of ether oxygens (including phenoxy) is 1. The first-order valence-electron chi connectivity index (χ1n) is 9.48. The van der Waals surface area contributed by atoms with Crippen LogP contribution in [0.4, 0.5) is 0 Å². The Labute approximate surface area is 172 Å². The zero-order valence-electron chi connectivity index (χ0n) is 15.8. The summed E-state index contributed by atoms with van der Waals surface area (Å²) >= 11 is 11.7. The molecule has 1 aliphatic rings. The van der Waals surface area contributed by atoms with Crippen LogP contribution in [0.15, 0.2) is 27.4 Å². The largest absolute Gasteiger partial charge is 0.493 e. The third-order valence-corrected chi connectivity index (χ3v) is 8.27. The van der Waals surface area contributed by atoms with Gasteiger partial charge in [-0.05, 0) is 68.4 Å². The van der Waals surface area contributed by atoms with Crippen LogP contribution < -0.4 is 10.4 Å². The number of hydrogen-bond donors (Lipinski definition) is 0. The number of unbranched alkanes of at least 4 members (excludes halogenated alkanes) is 1. The quantitative estimate of drug-likeness (QED) is 0.469. The molecule has 0 aliphatic carbocycles. The van der Waals surface area contributed by atoms with Gasteiger partial charge in [-0.15, -0.1) is 0 Å². The number of aryl methyl sites for hydroxylation is 1. The van der Waals surface area contributed by atoms with Gasteiger partial charge in [0.1, 0.15) is 16.4 Å². The van der Waals surface area contributed by atoms with E-state index in [4.69, 9.17) is 31.9 Å². The predicted octanol–water partition coefficient (Wildman–Crippen LogP) is 4.78. The third-order valence-electron chi connectivity index (χ3n) is 5.05. The van der Waals surface area contributed by atoms with E-state index in [-0.39, 0.29) is 14.7 Å². The minimum absolute atomic E-state index is 0.0618. The fourth-order valence-electron chi connectivity index (χ4n) is 3.41. The van der Waals surface area contributed by atoms with E-state index in [0.29, 0.717) is 24.0 Å². The van der Waals surface area contributed by atoms with Crippen molar-refractivity contribution in [2.45, 2.75) is 52.0 Å². The number of halogens is 1. The first-order chi connectivity index (χ1) is 13.0. The molecular weight excluding hydrogens is 402 g/mol. The van der Waals surface area contributed by atoms with E-state index >= 15 is 0 Å². The van der Waals surface area contributed by atoms with Crippen molar-refractivity contribution in [3.63, 3.8) is 0 Å². The molecule has 148 valence electrons. The first-order valence-corrected chi connectivity index (χ1v) is 12.1. The maximum absolute atomic E-state index is 11.7. The number of piperidine rings is 1. The summed E-state index contributed by atoms with van der Waals surface area (Å²) in [4.78, 5) is 11.7. The Bertz CT molecular complexity index is 883. The molecule has 0 amide bonds. The van der Waals surface area contributed by atoms with Crippen molar-refractivity contribution in [3.05, 3.63) is 39.2 Å². The lowest BCUT2D eigenvalue weighted by Gasteiger charge is -2.34. The zero-order valence-corrected chi connectivity index (χ0v) is 18.2. The summed E-state index contributed by atoms with van der Waals surface area (Å²) in [5.74, 6) is 1.75. The highest BCUT2D eigenvalue weighted by Crippen LogP contribution is 2.26. The van der Waals surface area contributed by atoms with Crippen molar-refractivity contribution >= 4 is 43.4 Å². The molecule has 0 saturated carbocycles. The van der Waals surface area contributed by atoms with Gasteiger partial charge in [0.25, 0.3) is 0 Å². The standard InChI is InChI=1S/C20H26ClNO3S2/c1-14-7-3-4-10-22(14)27(26)12-6-5-11-24-16-8-9-17-15(2)19(21)20(23)25-18(17)13-16/h8-9,13-14H,3-7,10-12H2,1-2H3. The molecule has 1 aliphatic heterocycles. The number of rotatable bonds is 7. The summed E-state index contributed by atoms with van der Waals surface area (Å²) in [5, 5.41) is 0.969. The Balaban J connectivity index is 1.48. The second kappa shape index (κ2) is 9.50. The van der Waals surface area contributed by atoms with E-state index in [0.717, 1.165) is 36.1 Å². The van der Waals surface area contributed by atoms with E-state index in [1.165, 1.54) is 19.3 Å². The topological polar surface area (TPSA) is 42.7 Å². The van der Waals surface area contributed by atoms with Crippen LogP contribution in [0.1, 0.15) is 44.6 Å². The van der Waals surface area contributed by atoms with Crippen molar-refractivity contribution in [1.82, 2.24) is 4.31 Å². The molecule has 1 aromatic carbocycles. The summed E-state index contributed by atoms with van der Waals surface area (Å²) in [7, 11) is -0.0618. The molecule has 2 heterocycles. The molecule has 4 nitrogen and oxygen atoms in total. The summed E-state index contributed by atoms with van der Waals surface area (Å²) in [5.41, 5.74) is 0.729. The van der Waals surface area contributed by atoms with E-state index in [1.54, 1.807) is 6.07 Å². The Morgan fingerprint density at radius 1 is 1.37 bits per heavy atom. The van der Waals surface area contributed by atoms with Gasteiger partial charge in [-0.1, -0.05) is 27.7 Å². The first kappa shape index (κ1) is 20.8. The van der Waals surface area contributed by atoms with Crippen LogP contribution in [0.25, 0.3) is 11.0 Å². The Kier molecular flexibility index (Phi) is 7.31. The van der Waals surface area contributed by atoms with Crippen LogP contribution in [0, 0.1) is 6.92 Å². The molecule has 1 saturated heterocycles. The maximum atomic E-state index is 11.7. The van der Waals surface area contributed by atoms with Gasteiger partial charge in [-0.25, -0.2) is 9.10 Å². The normalized spacial score (nSPS) is 19.3. The minimum Gasteiger partial charge on any atom is -0.493 e. The Hall–Kier alpha value is -0.950. The molecule has 7 heteroatoms. The fourth-order valence-corrected chi connectivity index (χ4v) is 6.10. The molecule has 2 aromatic rings. The number of hydrogen-bond acceptors (Lipinski definition) is 4. The van der Waals surface area contributed by atoms with Crippen molar-refractivity contribution in [1.29, 1.82) is 0 Å². The molecule has 3 rings (SSSR count). The van der Waals surface area contributed by atoms with Crippen molar-refractivity contribution < 1.29 is 9.15 Å². The lowest BCUT2D eigenvalue weighted by atomic mass is 10.1. The molecule has 1 aromatic heterocycles. The van der Waals surface area contributed by atoms with Crippen molar-refractivity contribution in [2.24, 2.45) is 0 Å². The summed E-state index contributed by atoms with van der Waals surface area (Å²) in [6.07, 6.45) is 5.90. The lowest BCUT2D eigenvalue weighted by Crippen LogP contribution is -2.39. The Morgan fingerprint density at radius 2 is 2.19 bits per heavy atom. The van der Waals surface area contributed by atoms with Gasteiger partial charge in [-0.2, -0.15) is 0 Å². The van der Waals surface area contributed by atoms with E-state index in [9.17, 15) is 4.79 Å². The zero-order chi connectivity index (χ0) is 19.4. The maximum Gasteiger partial charge on any atom is 0.355 e. The fraction of sp³-hybridized carbons (Fsp3) is 0.550. The Morgan fingerprint density at radius 3 is 2.96 bits per heavy atom. The molecule has 0 radical (unpaired) electrons. The molecular formula is C20H26ClNO3S2. The van der Waals surface area contributed by atoms with Gasteiger partial charge < -0.3 is 9.15 Å². The van der Waals surface area contributed by atoms with Crippen molar-refractivity contribution in [3.8, 4) is 5.75 Å².